The summed E-state index contributed by atoms with van der Waals surface area (Å²) in [4.78, 5) is 11.5. The molecule has 0 spiro atoms. The number of nitrogens with two attached hydrogens (primary N) is 1. The summed E-state index contributed by atoms with van der Waals surface area (Å²) in [5.41, 5.74) is 8.40. The third-order valence-corrected chi connectivity index (χ3v) is 2.60. The van der Waals surface area contributed by atoms with Crippen LogP contribution in [0.5, 0.6) is 0 Å². The van der Waals surface area contributed by atoms with E-state index < -0.39 is 0 Å². The molecule has 0 aliphatic carbocycles. The minimum Gasteiger partial charge on any atom is -0.457 e. The summed E-state index contributed by atoms with van der Waals surface area (Å²) in [5.74, 6) is -0.245. The Hall–Kier alpha value is -1.35. The maximum atomic E-state index is 11.5. The number of aryl methyl sites for hydroxylation is 1. The Kier molecular flexibility index (Phi) is 2.25. The first-order chi connectivity index (χ1) is 6.72. The lowest BCUT2D eigenvalue weighted by atomic mass is 9.94. The first-order valence-electron chi connectivity index (χ1n) is 4.72. The number of carbonyl (C=O) groups is 1. The van der Waals surface area contributed by atoms with E-state index in [0.717, 1.165) is 17.5 Å². The number of carbonyl (C=O) groups excluding carboxylic acids is 1. The van der Waals surface area contributed by atoms with Gasteiger partial charge in [0.25, 0.3) is 0 Å². The number of cyclic esters (lactones) is 1. The summed E-state index contributed by atoms with van der Waals surface area (Å²) in [5, 5.41) is 0. The summed E-state index contributed by atoms with van der Waals surface area (Å²) in [6, 6.07) is 5.68. The lowest BCUT2D eigenvalue weighted by molar-refractivity contribution is 0.0278. The third-order valence-electron chi connectivity index (χ3n) is 2.60. The van der Waals surface area contributed by atoms with Crippen molar-refractivity contribution in [1.29, 1.82) is 0 Å². The van der Waals surface area contributed by atoms with Crippen molar-refractivity contribution in [2.24, 2.45) is 5.73 Å². The Bertz CT molecular complexity index is 374. The molecule has 14 heavy (non-hydrogen) atoms. The predicted molar refractivity (Wildman–Crippen MR) is 53.1 cm³/mol. The van der Waals surface area contributed by atoms with Gasteiger partial charge in [-0.15, -0.1) is 0 Å². The minimum atomic E-state index is -0.245. The van der Waals surface area contributed by atoms with E-state index in [2.05, 4.69) is 0 Å². The zero-order valence-corrected chi connectivity index (χ0v) is 8.12. The highest BCUT2D eigenvalue weighted by molar-refractivity contribution is 5.92. The Morgan fingerprint density at radius 1 is 1.57 bits per heavy atom. The molecule has 2 N–H and O–H groups in total. The molecule has 3 heteroatoms. The van der Waals surface area contributed by atoms with E-state index in [1.807, 2.05) is 19.1 Å². The lowest BCUT2D eigenvalue weighted by Gasteiger charge is -2.24. The first-order valence-corrected chi connectivity index (χ1v) is 4.72. The van der Waals surface area contributed by atoms with E-state index in [4.69, 9.17) is 10.5 Å². The second kappa shape index (κ2) is 3.42. The molecule has 74 valence electrons. The van der Waals surface area contributed by atoms with Crippen LogP contribution in [0.3, 0.4) is 0 Å². The molecule has 2 rings (SSSR count). The number of esters is 1. The molecule has 0 amide bonds. The Labute approximate surface area is 82.9 Å². The quantitative estimate of drug-likeness (QED) is 0.675. The van der Waals surface area contributed by atoms with Crippen LogP contribution >= 0.6 is 0 Å². The molecule has 1 aromatic rings. The van der Waals surface area contributed by atoms with Crippen LogP contribution < -0.4 is 5.73 Å². The molecule has 0 aromatic heterocycles. The maximum Gasteiger partial charge on any atom is 0.338 e. The molecule has 1 aliphatic heterocycles. The van der Waals surface area contributed by atoms with E-state index in [1.54, 1.807) is 6.07 Å². The fourth-order valence-electron chi connectivity index (χ4n) is 1.78. The van der Waals surface area contributed by atoms with E-state index in [1.165, 1.54) is 0 Å². The van der Waals surface area contributed by atoms with Crippen LogP contribution in [0.15, 0.2) is 18.2 Å². The number of ether oxygens (including phenoxy) is 1. The van der Waals surface area contributed by atoms with Crippen molar-refractivity contribution in [3.8, 4) is 0 Å². The molecule has 0 fully saturated rings. The summed E-state index contributed by atoms with van der Waals surface area (Å²) in [7, 11) is 0. The third kappa shape index (κ3) is 1.40. The van der Waals surface area contributed by atoms with Crippen molar-refractivity contribution in [3.63, 3.8) is 0 Å². The first kappa shape index (κ1) is 9.21. The summed E-state index contributed by atoms with van der Waals surface area (Å²) >= 11 is 0. The van der Waals surface area contributed by atoms with Gasteiger partial charge in [0.15, 0.2) is 0 Å². The van der Waals surface area contributed by atoms with Crippen LogP contribution in [-0.4, -0.2) is 18.6 Å². The van der Waals surface area contributed by atoms with Gasteiger partial charge in [-0.3, -0.25) is 0 Å². The fourth-order valence-corrected chi connectivity index (χ4v) is 1.78. The zero-order chi connectivity index (χ0) is 10.1. The number of fused-ring (bicyclic) bond motifs is 1. The highest BCUT2D eigenvalue weighted by Gasteiger charge is 2.25. The standard InChI is InChI=1S/C11H13NO2/c1-7-3-2-4-9-10(7)5-8(6-12)14-11(9)13/h2-4,8H,5-6,12H2,1H3. The van der Waals surface area contributed by atoms with Crippen molar-refractivity contribution in [3.05, 3.63) is 34.9 Å². The molecule has 0 radical (unpaired) electrons. The topological polar surface area (TPSA) is 52.3 Å². The molecule has 0 bridgehead atoms. The van der Waals surface area contributed by atoms with Crippen molar-refractivity contribution < 1.29 is 9.53 Å². The van der Waals surface area contributed by atoms with E-state index >= 15 is 0 Å². The van der Waals surface area contributed by atoms with Crippen molar-refractivity contribution >= 4 is 5.97 Å². The highest BCUT2D eigenvalue weighted by atomic mass is 16.5. The van der Waals surface area contributed by atoms with Crippen LogP contribution in [0, 0.1) is 6.92 Å². The van der Waals surface area contributed by atoms with Crippen LogP contribution in [0.4, 0.5) is 0 Å². The van der Waals surface area contributed by atoms with Gasteiger partial charge in [-0.25, -0.2) is 4.79 Å². The fraction of sp³-hybridized carbons (Fsp3) is 0.364. The van der Waals surface area contributed by atoms with Gasteiger partial charge < -0.3 is 10.5 Å². The summed E-state index contributed by atoms with van der Waals surface area (Å²) < 4.78 is 5.15. The molecule has 1 atom stereocenters. The van der Waals surface area contributed by atoms with Gasteiger partial charge >= 0.3 is 5.97 Å². The summed E-state index contributed by atoms with van der Waals surface area (Å²) in [6.07, 6.45) is 0.584. The molecule has 3 nitrogen and oxygen atoms in total. The highest BCUT2D eigenvalue weighted by Crippen LogP contribution is 2.23. The molecular formula is C11H13NO2. The van der Waals surface area contributed by atoms with Crippen molar-refractivity contribution in [2.45, 2.75) is 19.4 Å². The van der Waals surface area contributed by atoms with E-state index in [-0.39, 0.29) is 12.1 Å². The Balaban J connectivity index is 2.45. The largest absolute Gasteiger partial charge is 0.457 e. The van der Waals surface area contributed by atoms with Gasteiger partial charge in [0.05, 0.1) is 5.56 Å². The lowest BCUT2D eigenvalue weighted by Crippen LogP contribution is -2.34. The van der Waals surface area contributed by atoms with Crippen LogP contribution in [-0.2, 0) is 11.2 Å². The Morgan fingerprint density at radius 2 is 2.36 bits per heavy atom. The molecule has 1 aliphatic rings. The number of hydrogen-bond acceptors (Lipinski definition) is 3. The molecule has 0 saturated heterocycles. The second-order valence-electron chi connectivity index (χ2n) is 3.57. The number of benzene rings is 1. The second-order valence-corrected chi connectivity index (χ2v) is 3.57. The zero-order valence-electron chi connectivity index (χ0n) is 8.12. The average molecular weight is 191 g/mol. The van der Waals surface area contributed by atoms with Gasteiger partial charge in [-0.1, -0.05) is 12.1 Å². The van der Waals surface area contributed by atoms with Crippen molar-refractivity contribution in [1.82, 2.24) is 0 Å². The van der Waals surface area contributed by atoms with Crippen LogP contribution in [0.2, 0.25) is 0 Å². The molecule has 1 unspecified atom stereocenters. The van der Waals surface area contributed by atoms with Crippen LogP contribution in [0.25, 0.3) is 0 Å². The predicted octanol–water partition coefficient (Wildman–Crippen LogP) is 1.04. The summed E-state index contributed by atoms with van der Waals surface area (Å²) in [6.45, 7) is 2.39. The van der Waals surface area contributed by atoms with Crippen LogP contribution in [0.1, 0.15) is 21.5 Å². The minimum absolute atomic E-state index is 0.156. The van der Waals surface area contributed by atoms with E-state index in [9.17, 15) is 4.79 Å². The number of hydrogen-bond donors (Lipinski definition) is 1. The molecular weight excluding hydrogens is 178 g/mol. The van der Waals surface area contributed by atoms with Crippen molar-refractivity contribution in [2.75, 3.05) is 6.54 Å². The van der Waals surface area contributed by atoms with Gasteiger partial charge in [0.2, 0.25) is 0 Å². The number of rotatable bonds is 1. The van der Waals surface area contributed by atoms with Gasteiger partial charge in [0, 0.05) is 13.0 Å². The molecule has 1 heterocycles. The smallest absolute Gasteiger partial charge is 0.338 e. The molecule has 0 saturated carbocycles. The normalized spacial score (nSPS) is 20.1. The SMILES string of the molecule is Cc1cccc2c1CC(CN)OC2=O. The van der Waals surface area contributed by atoms with E-state index in [0.29, 0.717) is 12.1 Å². The Morgan fingerprint density at radius 3 is 3.07 bits per heavy atom. The molecule has 1 aromatic carbocycles. The van der Waals surface area contributed by atoms with Gasteiger partial charge in [-0.2, -0.15) is 0 Å². The monoisotopic (exact) mass is 191 g/mol. The maximum absolute atomic E-state index is 11.5. The van der Waals surface area contributed by atoms with Gasteiger partial charge in [0.1, 0.15) is 6.10 Å². The van der Waals surface area contributed by atoms with Gasteiger partial charge in [-0.05, 0) is 24.1 Å². The average Bonchev–Trinajstić information content (AvgIpc) is 2.19.